The van der Waals surface area contributed by atoms with Crippen LogP contribution in [0.25, 0.3) is 0 Å². The lowest BCUT2D eigenvalue weighted by Crippen LogP contribution is -2.30. The molecule has 1 aromatic rings. The van der Waals surface area contributed by atoms with Gasteiger partial charge in [0.05, 0.1) is 0 Å². The lowest BCUT2D eigenvalue weighted by Gasteiger charge is -2.08. The highest BCUT2D eigenvalue weighted by molar-refractivity contribution is 5.91. The van der Waals surface area contributed by atoms with Gasteiger partial charge in [-0.2, -0.15) is 5.10 Å². The molecule has 0 saturated heterocycles. The lowest BCUT2D eigenvalue weighted by atomic mass is 10.2. The highest BCUT2D eigenvalue weighted by Gasteiger charge is 2.06. The number of aromatic nitrogens is 2. The number of hydrogen-bond donors (Lipinski definition) is 3. The van der Waals surface area contributed by atoms with Crippen molar-refractivity contribution < 1.29 is 4.79 Å². The normalized spacial score (nSPS) is 12.4. The van der Waals surface area contributed by atoms with E-state index in [2.05, 4.69) is 15.5 Å². The molecule has 0 aliphatic heterocycles. The van der Waals surface area contributed by atoms with Gasteiger partial charge in [-0.1, -0.05) is 6.92 Å². The summed E-state index contributed by atoms with van der Waals surface area (Å²) in [5.74, 6) is -0.134. The van der Waals surface area contributed by atoms with Gasteiger partial charge in [0.1, 0.15) is 5.69 Å². The summed E-state index contributed by atoms with van der Waals surface area (Å²) in [4.78, 5) is 11.4. The molecule has 0 aromatic carbocycles. The van der Waals surface area contributed by atoms with Crippen molar-refractivity contribution in [2.75, 3.05) is 6.54 Å². The highest BCUT2D eigenvalue weighted by Crippen LogP contribution is 1.93. The number of aromatic amines is 1. The van der Waals surface area contributed by atoms with Gasteiger partial charge in [-0.05, 0) is 18.9 Å². The van der Waals surface area contributed by atoms with Crippen LogP contribution >= 0.6 is 0 Å². The molecule has 0 spiro atoms. The summed E-state index contributed by atoms with van der Waals surface area (Å²) in [6, 6.07) is 1.80. The number of carbonyl (C=O) groups excluding carboxylic acids is 1. The van der Waals surface area contributed by atoms with Crippen molar-refractivity contribution in [2.45, 2.75) is 25.8 Å². The second-order valence-corrected chi connectivity index (χ2v) is 3.18. The van der Waals surface area contributed by atoms with E-state index in [1.54, 1.807) is 12.3 Å². The number of H-pyrrole nitrogens is 1. The fourth-order valence-electron chi connectivity index (χ4n) is 1.05. The number of amides is 1. The Morgan fingerprint density at radius 1 is 1.79 bits per heavy atom. The molecule has 0 fully saturated rings. The maximum Gasteiger partial charge on any atom is 0.269 e. The summed E-state index contributed by atoms with van der Waals surface area (Å²) in [7, 11) is 0. The third-order valence-electron chi connectivity index (χ3n) is 2.07. The fraction of sp³-hybridized carbons (Fsp3) is 0.556. The quantitative estimate of drug-likeness (QED) is 0.632. The first-order valence-corrected chi connectivity index (χ1v) is 4.77. The number of nitrogens with zero attached hydrogens (tertiary/aromatic N) is 1. The van der Waals surface area contributed by atoms with Gasteiger partial charge in [-0.15, -0.1) is 0 Å². The van der Waals surface area contributed by atoms with Gasteiger partial charge in [-0.25, -0.2) is 0 Å². The Balaban J connectivity index is 2.23. The maximum atomic E-state index is 11.4. The second kappa shape index (κ2) is 5.39. The molecule has 14 heavy (non-hydrogen) atoms. The van der Waals surface area contributed by atoms with E-state index in [1.807, 2.05) is 6.92 Å². The zero-order chi connectivity index (χ0) is 10.4. The standard InChI is InChI=1S/C9H16N4O/c1-2-7(10)3-5-11-9(14)8-4-6-12-13-8/h4,6-7H,2-3,5,10H2,1H3,(H,11,14)(H,12,13). The average Bonchev–Trinajstić information content (AvgIpc) is 2.70. The van der Waals surface area contributed by atoms with E-state index >= 15 is 0 Å². The summed E-state index contributed by atoms with van der Waals surface area (Å²) in [6.45, 7) is 2.63. The molecule has 1 rings (SSSR count). The van der Waals surface area contributed by atoms with Gasteiger partial charge in [-0.3, -0.25) is 9.89 Å². The Labute approximate surface area is 83.1 Å². The minimum atomic E-state index is -0.134. The number of carbonyl (C=O) groups is 1. The van der Waals surface area contributed by atoms with E-state index in [0.29, 0.717) is 12.2 Å². The molecule has 1 aromatic heterocycles. The predicted octanol–water partition coefficient (Wildman–Crippen LogP) is 0.267. The van der Waals surface area contributed by atoms with E-state index in [9.17, 15) is 4.79 Å². The van der Waals surface area contributed by atoms with Gasteiger partial charge in [0, 0.05) is 18.8 Å². The molecule has 0 radical (unpaired) electrons. The topological polar surface area (TPSA) is 83.8 Å². The minimum absolute atomic E-state index is 0.134. The monoisotopic (exact) mass is 196 g/mol. The van der Waals surface area contributed by atoms with Crippen LogP contribution in [0, 0.1) is 0 Å². The van der Waals surface area contributed by atoms with Gasteiger partial charge in [0.15, 0.2) is 0 Å². The van der Waals surface area contributed by atoms with Crippen LogP contribution in [0.1, 0.15) is 30.3 Å². The fourth-order valence-corrected chi connectivity index (χ4v) is 1.05. The minimum Gasteiger partial charge on any atom is -0.351 e. The van der Waals surface area contributed by atoms with Crippen molar-refractivity contribution in [3.63, 3.8) is 0 Å². The number of nitrogens with two attached hydrogens (primary N) is 1. The van der Waals surface area contributed by atoms with Crippen molar-refractivity contribution in [3.8, 4) is 0 Å². The van der Waals surface area contributed by atoms with Crippen LogP contribution in [0.15, 0.2) is 12.3 Å². The Morgan fingerprint density at radius 2 is 2.57 bits per heavy atom. The Bertz CT molecular complexity index is 270. The van der Waals surface area contributed by atoms with Crippen LogP contribution in [-0.2, 0) is 0 Å². The maximum absolute atomic E-state index is 11.4. The molecule has 0 bridgehead atoms. The molecule has 1 heterocycles. The molecule has 1 amide bonds. The summed E-state index contributed by atoms with van der Waals surface area (Å²) < 4.78 is 0. The second-order valence-electron chi connectivity index (χ2n) is 3.18. The van der Waals surface area contributed by atoms with Crippen LogP contribution in [0.2, 0.25) is 0 Å². The first-order valence-electron chi connectivity index (χ1n) is 4.77. The molecule has 1 unspecified atom stereocenters. The molecule has 0 saturated carbocycles. The SMILES string of the molecule is CCC(N)CCNC(=O)c1ccn[nH]1. The summed E-state index contributed by atoms with van der Waals surface area (Å²) in [5, 5.41) is 9.05. The molecule has 4 N–H and O–H groups in total. The number of rotatable bonds is 5. The Kier molecular flexibility index (Phi) is 4.12. The summed E-state index contributed by atoms with van der Waals surface area (Å²) >= 11 is 0. The molecule has 5 heteroatoms. The molecule has 78 valence electrons. The van der Waals surface area contributed by atoms with Gasteiger partial charge < -0.3 is 11.1 Å². The highest BCUT2D eigenvalue weighted by atomic mass is 16.1. The van der Waals surface area contributed by atoms with Crippen LogP contribution in [-0.4, -0.2) is 28.7 Å². The zero-order valence-corrected chi connectivity index (χ0v) is 8.29. The smallest absolute Gasteiger partial charge is 0.269 e. The van der Waals surface area contributed by atoms with Crippen LogP contribution < -0.4 is 11.1 Å². The van der Waals surface area contributed by atoms with Crippen LogP contribution in [0.3, 0.4) is 0 Å². The van der Waals surface area contributed by atoms with Crippen molar-refractivity contribution >= 4 is 5.91 Å². The number of nitrogens with one attached hydrogen (secondary N) is 2. The predicted molar refractivity (Wildman–Crippen MR) is 53.8 cm³/mol. The third kappa shape index (κ3) is 3.18. The van der Waals surface area contributed by atoms with E-state index in [1.165, 1.54) is 0 Å². The van der Waals surface area contributed by atoms with Crippen LogP contribution in [0.4, 0.5) is 0 Å². The van der Waals surface area contributed by atoms with E-state index in [4.69, 9.17) is 5.73 Å². The Morgan fingerprint density at radius 3 is 3.14 bits per heavy atom. The van der Waals surface area contributed by atoms with Crippen molar-refractivity contribution in [3.05, 3.63) is 18.0 Å². The summed E-state index contributed by atoms with van der Waals surface area (Å²) in [6.07, 6.45) is 3.28. The molecule has 5 nitrogen and oxygen atoms in total. The van der Waals surface area contributed by atoms with Crippen LogP contribution in [0.5, 0.6) is 0 Å². The van der Waals surface area contributed by atoms with Gasteiger partial charge >= 0.3 is 0 Å². The number of hydrogen-bond acceptors (Lipinski definition) is 3. The molecule has 0 aliphatic carbocycles. The van der Waals surface area contributed by atoms with E-state index in [-0.39, 0.29) is 11.9 Å². The van der Waals surface area contributed by atoms with Gasteiger partial charge in [0.2, 0.25) is 0 Å². The van der Waals surface area contributed by atoms with Crippen molar-refractivity contribution in [2.24, 2.45) is 5.73 Å². The first kappa shape index (κ1) is 10.7. The van der Waals surface area contributed by atoms with E-state index < -0.39 is 0 Å². The summed E-state index contributed by atoms with van der Waals surface area (Å²) in [5.41, 5.74) is 6.19. The first-order chi connectivity index (χ1) is 6.74. The van der Waals surface area contributed by atoms with Gasteiger partial charge in [0.25, 0.3) is 5.91 Å². The van der Waals surface area contributed by atoms with Crippen molar-refractivity contribution in [1.29, 1.82) is 0 Å². The molecule has 1 atom stereocenters. The third-order valence-corrected chi connectivity index (χ3v) is 2.07. The van der Waals surface area contributed by atoms with E-state index in [0.717, 1.165) is 12.8 Å². The largest absolute Gasteiger partial charge is 0.351 e. The molecular weight excluding hydrogens is 180 g/mol. The lowest BCUT2D eigenvalue weighted by molar-refractivity contribution is 0.0947. The average molecular weight is 196 g/mol. The van der Waals surface area contributed by atoms with Crippen molar-refractivity contribution in [1.82, 2.24) is 15.5 Å². The Hall–Kier alpha value is -1.36. The molecule has 0 aliphatic rings. The molecular formula is C9H16N4O. The zero-order valence-electron chi connectivity index (χ0n) is 8.29.